The van der Waals surface area contributed by atoms with Crippen molar-refractivity contribution in [3.05, 3.63) is 29.3 Å². The maximum absolute atomic E-state index is 9.32. The van der Waals surface area contributed by atoms with E-state index in [0.29, 0.717) is 5.25 Å². The third kappa shape index (κ3) is 3.20. The van der Waals surface area contributed by atoms with Gasteiger partial charge in [0.1, 0.15) is 5.54 Å². The first-order valence-electron chi connectivity index (χ1n) is 6.20. The van der Waals surface area contributed by atoms with Crippen molar-refractivity contribution in [1.29, 1.82) is 5.26 Å². The summed E-state index contributed by atoms with van der Waals surface area (Å²) in [4.78, 5) is 1.23. The van der Waals surface area contributed by atoms with Crippen molar-refractivity contribution in [2.24, 2.45) is 0 Å². The van der Waals surface area contributed by atoms with Crippen LogP contribution >= 0.6 is 23.4 Å². The molecular formula is C14H17ClN2S. The highest BCUT2D eigenvalue weighted by Gasteiger charge is 2.35. The van der Waals surface area contributed by atoms with Crippen molar-refractivity contribution in [3.63, 3.8) is 0 Å². The summed E-state index contributed by atoms with van der Waals surface area (Å²) in [6.07, 6.45) is 4.16. The number of thioether (sulfide) groups is 1. The predicted molar refractivity (Wildman–Crippen MR) is 77.0 cm³/mol. The third-order valence-electron chi connectivity index (χ3n) is 3.51. The molecule has 1 fully saturated rings. The second-order valence-electron chi connectivity index (χ2n) is 4.73. The molecule has 0 bridgehead atoms. The third-order valence-corrected chi connectivity index (χ3v) is 5.05. The number of nitrogens with zero attached hydrogens (tertiary/aromatic N) is 1. The topological polar surface area (TPSA) is 35.8 Å². The number of nitrogens with one attached hydrogen (secondary N) is 1. The second-order valence-corrected chi connectivity index (χ2v) is 6.54. The van der Waals surface area contributed by atoms with Gasteiger partial charge in [-0.25, -0.2) is 0 Å². The minimum absolute atomic E-state index is 0.331. The van der Waals surface area contributed by atoms with Crippen molar-refractivity contribution in [1.82, 2.24) is 5.32 Å². The van der Waals surface area contributed by atoms with Crippen molar-refractivity contribution in [3.8, 4) is 6.07 Å². The largest absolute Gasteiger partial charge is 0.302 e. The Hall–Kier alpha value is -0.690. The Morgan fingerprint density at radius 1 is 1.44 bits per heavy atom. The molecule has 2 atom stereocenters. The predicted octanol–water partition coefficient (Wildman–Crippen LogP) is 3.86. The molecule has 96 valence electrons. The van der Waals surface area contributed by atoms with E-state index < -0.39 is 0 Å². The Kier molecular flexibility index (Phi) is 4.55. The molecule has 18 heavy (non-hydrogen) atoms. The lowest BCUT2D eigenvalue weighted by atomic mass is 9.83. The van der Waals surface area contributed by atoms with Crippen molar-refractivity contribution < 1.29 is 0 Å². The standard InChI is InChI=1S/C14H17ClN2S/c1-17-14(10-16)8-2-3-13(9-14)18-12-6-4-11(15)5-7-12/h4-7,13,17H,2-3,8-9H2,1H3. The van der Waals surface area contributed by atoms with Crippen LogP contribution in [0.1, 0.15) is 25.7 Å². The van der Waals surface area contributed by atoms with Gasteiger partial charge in [-0.3, -0.25) is 0 Å². The molecule has 0 amide bonds. The van der Waals surface area contributed by atoms with Crippen LogP contribution < -0.4 is 5.32 Å². The highest BCUT2D eigenvalue weighted by Crippen LogP contribution is 2.38. The molecule has 1 aliphatic rings. The molecule has 2 unspecified atom stereocenters. The number of benzene rings is 1. The van der Waals surface area contributed by atoms with E-state index >= 15 is 0 Å². The van der Waals surface area contributed by atoms with E-state index in [1.165, 1.54) is 11.3 Å². The first kappa shape index (κ1) is 13.7. The van der Waals surface area contributed by atoms with Crippen LogP contribution in [0.4, 0.5) is 0 Å². The Labute approximate surface area is 118 Å². The van der Waals surface area contributed by atoms with Crippen LogP contribution in [0.2, 0.25) is 5.02 Å². The monoisotopic (exact) mass is 280 g/mol. The summed E-state index contributed by atoms with van der Waals surface area (Å²) in [5, 5.41) is 13.8. The van der Waals surface area contributed by atoms with Gasteiger partial charge in [-0.2, -0.15) is 5.26 Å². The molecule has 2 rings (SSSR count). The summed E-state index contributed by atoms with van der Waals surface area (Å²) in [5.41, 5.74) is -0.331. The average molecular weight is 281 g/mol. The van der Waals surface area contributed by atoms with E-state index in [2.05, 4.69) is 23.5 Å². The summed E-state index contributed by atoms with van der Waals surface area (Å²) in [6, 6.07) is 10.4. The quantitative estimate of drug-likeness (QED) is 0.913. The van der Waals surface area contributed by atoms with Crippen LogP contribution in [-0.4, -0.2) is 17.8 Å². The molecule has 0 saturated heterocycles. The van der Waals surface area contributed by atoms with Crippen LogP contribution in [-0.2, 0) is 0 Å². The Balaban J connectivity index is 2.02. The minimum Gasteiger partial charge on any atom is -0.302 e. The summed E-state index contributed by atoms with van der Waals surface area (Å²) in [6.45, 7) is 0. The molecule has 0 radical (unpaired) electrons. The molecular weight excluding hydrogens is 264 g/mol. The van der Waals surface area contributed by atoms with Crippen LogP contribution in [0, 0.1) is 11.3 Å². The molecule has 0 spiro atoms. The molecule has 0 aromatic heterocycles. The lowest BCUT2D eigenvalue weighted by Crippen LogP contribution is -2.46. The van der Waals surface area contributed by atoms with Crippen LogP contribution in [0.15, 0.2) is 29.2 Å². The SMILES string of the molecule is CNC1(C#N)CCCC(Sc2ccc(Cl)cc2)C1. The van der Waals surface area contributed by atoms with Crippen LogP contribution in [0.3, 0.4) is 0 Å². The summed E-state index contributed by atoms with van der Waals surface area (Å²) >= 11 is 7.74. The fourth-order valence-electron chi connectivity index (χ4n) is 2.42. The second kappa shape index (κ2) is 5.97. The molecule has 0 heterocycles. The van der Waals surface area contributed by atoms with Gasteiger partial charge in [0.05, 0.1) is 6.07 Å². The lowest BCUT2D eigenvalue weighted by Gasteiger charge is -2.35. The van der Waals surface area contributed by atoms with Crippen LogP contribution in [0.25, 0.3) is 0 Å². The number of halogens is 1. The number of hydrogen-bond donors (Lipinski definition) is 1. The smallest absolute Gasteiger partial charge is 0.107 e. The first-order valence-corrected chi connectivity index (χ1v) is 7.46. The molecule has 1 N–H and O–H groups in total. The molecule has 2 nitrogen and oxygen atoms in total. The van der Waals surface area contributed by atoms with Crippen molar-refractivity contribution in [2.75, 3.05) is 7.05 Å². The van der Waals surface area contributed by atoms with Crippen LogP contribution in [0.5, 0.6) is 0 Å². The Morgan fingerprint density at radius 3 is 2.78 bits per heavy atom. The van der Waals surface area contributed by atoms with E-state index in [1.54, 1.807) is 0 Å². The lowest BCUT2D eigenvalue weighted by molar-refractivity contribution is 0.323. The van der Waals surface area contributed by atoms with Crippen molar-refractivity contribution >= 4 is 23.4 Å². The molecule has 1 aliphatic carbocycles. The van der Waals surface area contributed by atoms with Gasteiger partial charge in [-0.05, 0) is 57.0 Å². The fraction of sp³-hybridized carbons (Fsp3) is 0.500. The fourth-order valence-corrected chi connectivity index (χ4v) is 3.87. The van der Waals surface area contributed by atoms with Gasteiger partial charge >= 0.3 is 0 Å². The van der Waals surface area contributed by atoms with E-state index in [-0.39, 0.29) is 5.54 Å². The molecule has 1 aromatic carbocycles. The molecule has 0 aliphatic heterocycles. The van der Waals surface area contributed by atoms with Gasteiger partial charge in [0.15, 0.2) is 0 Å². The molecule has 4 heteroatoms. The van der Waals surface area contributed by atoms with E-state index in [0.717, 1.165) is 24.3 Å². The zero-order valence-corrected chi connectivity index (χ0v) is 12.0. The number of rotatable bonds is 3. The Bertz CT molecular complexity index is 440. The highest BCUT2D eigenvalue weighted by molar-refractivity contribution is 8.00. The highest BCUT2D eigenvalue weighted by atomic mass is 35.5. The van der Waals surface area contributed by atoms with E-state index in [9.17, 15) is 5.26 Å². The molecule has 1 saturated carbocycles. The summed E-state index contributed by atoms with van der Waals surface area (Å²) in [5.74, 6) is 0. The summed E-state index contributed by atoms with van der Waals surface area (Å²) < 4.78 is 0. The summed E-state index contributed by atoms with van der Waals surface area (Å²) in [7, 11) is 1.89. The number of nitriles is 1. The average Bonchev–Trinajstić information content (AvgIpc) is 2.41. The maximum atomic E-state index is 9.32. The van der Waals surface area contributed by atoms with Gasteiger partial charge in [-0.1, -0.05) is 11.6 Å². The van der Waals surface area contributed by atoms with Gasteiger partial charge in [0, 0.05) is 15.2 Å². The zero-order valence-electron chi connectivity index (χ0n) is 10.4. The maximum Gasteiger partial charge on any atom is 0.107 e. The van der Waals surface area contributed by atoms with Gasteiger partial charge in [0.25, 0.3) is 0 Å². The first-order chi connectivity index (χ1) is 8.67. The van der Waals surface area contributed by atoms with Gasteiger partial charge in [-0.15, -0.1) is 11.8 Å². The zero-order chi connectivity index (χ0) is 13.0. The van der Waals surface area contributed by atoms with E-state index in [4.69, 9.17) is 11.6 Å². The van der Waals surface area contributed by atoms with Crippen molar-refractivity contribution in [2.45, 2.75) is 41.4 Å². The van der Waals surface area contributed by atoms with E-state index in [1.807, 2.05) is 30.9 Å². The van der Waals surface area contributed by atoms with Gasteiger partial charge in [0.2, 0.25) is 0 Å². The van der Waals surface area contributed by atoms with Gasteiger partial charge < -0.3 is 5.32 Å². The minimum atomic E-state index is -0.331. The molecule has 1 aromatic rings. The Morgan fingerprint density at radius 2 is 2.17 bits per heavy atom. The number of hydrogen-bond acceptors (Lipinski definition) is 3. The normalized spacial score (nSPS) is 27.7.